The van der Waals surface area contributed by atoms with E-state index in [4.69, 9.17) is 22.4 Å². The van der Waals surface area contributed by atoms with Gasteiger partial charge in [-0.3, -0.25) is 0 Å². The average molecular weight is 465 g/mol. The summed E-state index contributed by atoms with van der Waals surface area (Å²) in [6.45, 7) is 1.93. The lowest BCUT2D eigenvalue weighted by atomic mass is 10.2. The second-order valence-corrected chi connectivity index (χ2v) is 8.98. The van der Waals surface area contributed by atoms with Crippen molar-refractivity contribution in [1.82, 2.24) is 9.97 Å². The normalized spacial score (nSPS) is 14.7. The first kappa shape index (κ1) is 23.1. The number of benzene rings is 2. The van der Waals surface area contributed by atoms with Gasteiger partial charge in [0.2, 0.25) is 0 Å². The summed E-state index contributed by atoms with van der Waals surface area (Å²) in [6.07, 6.45) is 5.44. The molecule has 0 saturated heterocycles. The molecule has 5 N–H and O–H groups in total. The van der Waals surface area contributed by atoms with Crippen LogP contribution in [0.2, 0.25) is 5.15 Å². The minimum Gasteiger partial charge on any atom is -0.508 e. The van der Waals surface area contributed by atoms with Crippen molar-refractivity contribution in [2.75, 3.05) is 18.4 Å². The third-order valence-corrected chi connectivity index (χ3v) is 5.83. The largest absolute Gasteiger partial charge is 0.508 e. The van der Waals surface area contributed by atoms with Crippen molar-refractivity contribution in [3.8, 4) is 11.5 Å². The number of rotatable bonds is 4. The van der Waals surface area contributed by atoms with Crippen molar-refractivity contribution >= 4 is 39.2 Å². The molecule has 2 saturated carbocycles. The van der Waals surface area contributed by atoms with Crippen molar-refractivity contribution in [3.63, 3.8) is 0 Å². The Kier molecular flexibility index (Phi) is 7.47. The Labute approximate surface area is 198 Å². The Bertz CT molecular complexity index is 1190. The van der Waals surface area contributed by atoms with E-state index < -0.39 is 0 Å². The highest BCUT2D eigenvalue weighted by Crippen LogP contribution is 2.29. The topological polar surface area (TPSA) is 104 Å². The Hall–Kier alpha value is -3.09. The lowest BCUT2D eigenvalue weighted by molar-refractivity contribution is 0.475. The molecule has 2 aromatic heterocycles. The van der Waals surface area contributed by atoms with E-state index in [0.717, 1.165) is 47.0 Å². The molecule has 6 nitrogen and oxygen atoms in total. The Balaban J connectivity index is 0.000000134. The van der Waals surface area contributed by atoms with Crippen LogP contribution in [0.15, 0.2) is 60.7 Å². The zero-order chi connectivity index (χ0) is 23.2. The third-order valence-electron chi connectivity index (χ3n) is 5.62. The summed E-state index contributed by atoms with van der Waals surface area (Å²) < 4.78 is 0. The molecular formula is C26H29ClN4O2. The second-order valence-electron chi connectivity index (χ2n) is 8.59. The van der Waals surface area contributed by atoms with Gasteiger partial charge in [-0.05, 0) is 92.6 Å². The number of anilines is 1. The molecule has 2 aliphatic rings. The first-order valence-corrected chi connectivity index (χ1v) is 11.7. The van der Waals surface area contributed by atoms with Crippen LogP contribution in [-0.4, -0.2) is 33.3 Å². The minimum absolute atomic E-state index is 0.206. The van der Waals surface area contributed by atoms with E-state index in [1.807, 2.05) is 24.3 Å². The van der Waals surface area contributed by atoms with Gasteiger partial charge in [0, 0.05) is 29.4 Å². The van der Waals surface area contributed by atoms with Gasteiger partial charge < -0.3 is 21.3 Å². The smallest absolute Gasteiger partial charge is 0.129 e. The highest BCUT2D eigenvalue weighted by molar-refractivity contribution is 6.29. The van der Waals surface area contributed by atoms with E-state index in [-0.39, 0.29) is 11.5 Å². The van der Waals surface area contributed by atoms with Crippen molar-refractivity contribution < 1.29 is 10.2 Å². The van der Waals surface area contributed by atoms with E-state index in [1.165, 1.54) is 25.7 Å². The lowest BCUT2D eigenvalue weighted by Crippen LogP contribution is -2.04. The molecule has 7 heteroatoms. The van der Waals surface area contributed by atoms with Gasteiger partial charge in [-0.1, -0.05) is 11.6 Å². The molecule has 33 heavy (non-hydrogen) atoms. The molecule has 2 aromatic carbocycles. The van der Waals surface area contributed by atoms with Crippen molar-refractivity contribution in [3.05, 3.63) is 65.8 Å². The van der Waals surface area contributed by atoms with Crippen LogP contribution in [0.25, 0.3) is 21.8 Å². The molecule has 2 aliphatic carbocycles. The van der Waals surface area contributed by atoms with Crippen molar-refractivity contribution in [2.45, 2.75) is 25.7 Å². The zero-order valence-electron chi connectivity index (χ0n) is 18.4. The van der Waals surface area contributed by atoms with Gasteiger partial charge in [-0.15, -0.1) is 0 Å². The third kappa shape index (κ3) is 7.20. The molecule has 4 aromatic rings. The van der Waals surface area contributed by atoms with Crippen molar-refractivity contribution in [2.24, 2.45) is 17.6 Å². The first-order chi connectivity index (χ1) is 16.0. The Morgan fingerprint density at radius 1 is 0.788 bits per heavy atom. The quantitative estimate of drug-likeness (QED) is 0.288. The molecule has 0 radical (unpaired) electrons. The Morgan fingerprint density at radius 2 is 1.33 bits per heavy atom. The van der Waals surface area contributed by atoms with Crippen LogP contribution in [0.5, 0.6) is 11.5 Å². The highest BCUT2D eigenvalue weighted by atomic mass is 35.5. The van der Waals surface area contributed by atoms with Crippen LogP contribution in [0.1, 0.15) is 25.7 Å². The van der Waals surface area contributed by atoms with E-state index in [2.05, 4.69) is 15.3 Å². The summed E-state index contributed by atoms with van der Waals surface area (Å²) in [5.74, 6) is 3.11. The second kappa shape index (κ2) is 10.7. The molecule has 172 valence electrons. The summed E-state index contributed by atoms with van der Waals surface area (Å²) in [4.78, 5) is 8.51. The van der Waals surface area contributed by atoms with Gasteiger partial charge in [-0.25, -0.2) is 9.97 Å². The van der Waals surface area contributed by atoms with Crippen LogP contribution in [-0.2, 0) is 0 Å². The molecule has 0 aliphatic heterocycles. The standard InChI is InChI=1S/C13H14N2O.C9H6ClNO.C4H9N/c16-11-5-3-10-4-6-13(15-12(10)7-11)14-8-9-1-2-9;10-9-4-2-6-1-3-7(12)5-8(6)11-9;5-3-4-1-2-4/h3-7,9,16H,1-2,8H2,(H,14,15);1-5,12H;4H,1-3,5H2. The Morgan fingerprint density at radius 3 is 1.88 bits per heavy atom. The fourth-order valence-corrected chi connectivity index (χ4v) is 3.36. The van der Waals surface area contributed by atoms with Crippen LogP contribution in [0.4, 0.5) is 5.82 Å². The zero-order valence-corrected chi connectivity index (χ0v) is 19.2. The summed E-state index contributed by atoms with van der Waals surface area (Å²) >= 11 is 5.68. The molecule has 0 atom stereocenters. The minimum atomic E-state index is 0.206. The highest BCUT2D eigenvalue weighted by Gasteiger charge is 2.20. The van der Waals surface area contributed by atoms with Gasteiger partial charge >= 0.3 is 0 Å². The number of nitrogens with zero attached hydrogens (tertiary/aromatic N) is 2. The van der Waals surface area contributed by atoms with Gasteiger partial charge in [0.15, 0.2) is 0 Å². The SMILES string of the molecule is NCC1CC1.Oc1ccc2ccc(Cl)nc2c1.Oc1ccc2ccc(NCC3CC3)nc2c1. The van der Waals surface area contributed by atoms with Crippen LogP contribution < -0.4 is 11.1 Å². The van der Waals surface area contributed by atoms with E-state index in [9.17, 15) is 5.11 Å². The summed E-state index contributed by atoms with van der Waals surface area (Å²) in [5.41, 5.74) is 6.78. The monoisotopic (exact) mass is 464 g/mol. The van der Waals surface area contributed by atoms with Gasteiger partial charge in [0.25, 0.3) is 0 Å². The number of halogens is 1. The number of phenolic OH excluding ortho intramolecular Hbond substituents is 2. The summed E-state index contributed by atoms with van der Waals surface area (Å²) in [7, 11) is 0. The number of fused-ring (bicyclic) bond motifs is 2. The van der Waals surface area contributed by atoms with Gasteiger partial charge in [0.05, 0.1) is 11.0 Å². The predicted octanol–water partition coefficient (Wildman–Crippen LogP) is 5.71. The van der Waals surface area contributed by atoms with E-state index in [0.29, 0.717) is 10.7 Å². The van der Waals surface area contributed by atoms with Crippen molar-refractivity contribution in [1.29, 1.82) is 0 Å². The summed E-state index contributed by atoms with van der Waals surface area (Å²) in [5, 5.41) is 24.3. The van der Waals surface area contributed by atoms with Crippen LogP contribution in [0.3, 0.4) is 0 Å². The molecule has 2 fully saturated rings. The average Bonchev–Trinajstić information content (AvgIpc) is 3.72. The number of nitrogens with one attached hydrogen (secondary N) is 1. The maximum absolute atomic E-state index is 9.39. The number of aromatic nitrogens is 2. The first-order valence-electron chi connectivity index (χ1n) is 11.3. The van der Waals surface area contributed by atoms with Gasteiger partial charge in [-0.2, -0.15) is 0 Å². The maximum atomic E-state index is 9.39. The molecule has 0 amide bonds. The number of aromatic hydroxyl groups is 2. The number of nitrogens with two attached hydrogens (primary N) is 1. The number of pyridine rings is 2. The molecule has 6 rings (SSSR count). The molecule has 0 bridgehead atoms. The molecule has 2 heterocycles. The fourth-order valence-electron chi connectivity index (χ4n) is 3.21. The number of hydrogen-bond donors (Lipinski definition) is 4. The fraction of sp³-hybridized carbons (Fsp3) is 0.308. The van der Waals surface area contributed by atoms with Crippen LogP contribution >= 0.6 is 11.6 Å². The van der Waals surface area contributed by atoms with E-state index in [1.54, 1.807) is 36.4 Å². The molecule has 0 spiro atoms. The van der Waals surface area contributed by atoms with E-state index >= 15 is 0 Å². The maximum Gasteiger partial charge on any atom is 0.129 e. The van der Waals surface area contributed by atoms with Crippen LogP contribution in [0, 0.1) is 11.8 Å². The molecule has 0 unspecified atom stereocenters. The lowest BCUT2D eigenvalue weighted by Gasteiger charge is -2.05. The summed E-state index contributed by atoms with van der Waals surface area (Å²) in [6, 6.07) is 17.9. The number of hydrogen-bond acceptors (Lipinski definition) is 6. The molecular weight excluding hydrogens is 436 g/mol. The van der Waals surface area contributed by atoms with Gasteiger partial charge in [0.1, 0.15) is 22.5 Å². The number of phenols is 2. The predicted molar refractivity (Wildman–Crippen MR) is 135 cm³/mol.